The van der Waals surface area contributed by atoms with Gasteiger partial charge >= 0.3 is 0 Å². The Morgan fingerprint density at radius 3 is 2.60 bits per heavy atom. The predicted molar refractivity (Wildman–Crippen MR) is 95.7 cm³/mol. The van der Waals surface area contributed by atoms with E-state index in [-0.39, 0.29) is 24.8 Å². The lowest BCUT2D eigenvalue weighted by atomic mass is 10.2. The molecule has 0 saturated carbocycles. The van der Waals surface area contributed by atoms with Crippen molar-refractivity contribution >= 4 is 34.8 Å². The normalized spacial score (nSPS) is 10.2. The van der Waals surface area contributed by atoms with Crippen LogP contribution in [0.4, 0.5) is 15.8 Å². The molecule has 2 aromatic rings. The van der Waals surface area contributed by atoms with Crippen molar-refractivity contribution in [3.05, 3.63) is 53.3 Å². The van der Waals surface area contributed by atoms with Crippen LogP contribution in [0.15, 0.2) is 42.5 Å². The van der Waals surface area contributed by atoms with Crippen molar-refractivity contribution in [2.24, 2.45) is 0 Å². The number of carbonyl (C=O) groups is 2. The summed E-state index contributed by atoms with van der Waals surface area (Å²) in [5, 5.41) is 2.97. The van der Waals surface area contributed by atoms with Gasteiger partial charge in [0.2, 0.25) is 11.8 Å². The number of methoxy groups -OCH3 is 1. The van der Waals surface area contributed by atoms with Gasteiger partial charge in [-0.1, -0.05) is 17.7 Å². The van der Waals surface area contributed by atoms with E-state index in [4.69, 9.17) is 16.3 Å². The van der Waals surface area contributed by atoms with E-state index in [9.17, 15) is 14.0 Å². The van der Waals surface area contributed by atoms with Gasteiger partial charge in [0.1, 0.15) is 11.6 Å². The Bertz CT molecular complexity index is 783. The van der Waals surface area contributed by atoms with Crippen LogP contribution in [-0.4, -0.2) is 25.5 Å². The molecule has 5 nitrogen and oxygen atoms in total. The lowest BCUT2D eigenvalue weighted by Crippen LogP contribution is -2.32. The number of halogens is 2. The van der Waals surface area contributed by atoms with Crippen LogP contribution in [0.5, 0.6) is 5.75 Å². The Labute approximate surface area is 150 Å². The molecule has 0 aromatic heterocycles. The first-order valence-corrected chi connectivity index (χ1v) is 7.95. The molecule has 132 valence electrons. The zero-order chi connectivity index (χ0) is 18.4. The summed E-state index contributed by atoms with van der Waals surface area (Å²) in [6.45, 7) is 1.57. The molecule has 0 radical (unpaired) electrons. The summed E-state index contributed by atoms with van der Waals surface area (Å²) in [5.74, 6) is -0.481. The third kappa shape index (κ3) is 5.19. The van der Waals surface area contributed by atoms with Gasteiger partial charge in [-0.25, -0.2) is 4.39 Å². The van der Waals surface area contributed by atoms with Crippen molar-refractivity contribution < 1.29 is 18.7 Å². The lowest BCUT2D eigenvalue weighted by Gasteiger charge is -2.21. The summed E-state index contributed by atoms with van der Waals surface area (Å²) in [5.41, 5.74) is 0.934. The van der Waals surface area contributed by atoms with Gasteiger partial charge < -0.3 is 15.0 Å². The summed E-state index contributed by atoms with van der Waals surface area (Å²) in [7, 11) is 1.50. The first-order chi connectivity index (χ1) is 11.9. The van der Waals surface area contributed by atoms with Crippen LogP contribution >= 0.6 is 11.6 Å². The number of rotatable bonds is 6. The van der Waals surface area contributed by atoms with Crippen LogP contribution in [0.2, 0.25) is 5.02 Å². The van der Waals surface area contributed by atoms with Crippen molar-refractivity contribution in [3.63, 3.8) is 0 Å². The quantitative estimate of drug-likeness (QED) is 0.846. The Hall–Kier alpha value is -2.60. The number of ether oxygens (including phenoxy) is 1. The molecule has 0 aliphatic heterocycles. The molecular formula is C18H18ClFN2O3. The molecule has 2 amide bonds. The fraction of sp³-hybridized carbons (Fsp3) is 0.222. The molecule has 0 saturated heterocycles. The number of hydrogen-bond acceptors (Lipinski definition) is 3. The average molecular weight is 365 g/mol. The van der Waals surface area contributed by atoms with Crippen LogP contribution in [0, 0.1) is 5.82 Å². The SMILES string of the molecule is COc1ccc(N(CCC(=O)Nc2cccc(F)c2)C(C)=O)cc1Cl. The second-order valence-corrected chi connectivity index (χ2v) is 5.71. The fourth-order valence-electron chi connectivity index (χ4n) is 2.29. The van der Waals surface area contributed by atoms with Crippen LogP contribution < -0.4 is 15.0 Å². The van der Waals surface area contributed by atoms with E-state index < -0.39 is 5.82 Å². The molecule has 0 atom stereocenters. The van der Waals surface area contributed by atoms with Crippen molar-refractivity contribution in [3.8, 4) is 5.75 Å². The summed E-state index contributed by atoms with van der Waals surface area (Å²) in [4.78, 5) is 25.4. The van der Waals surface area contributed by atoms with E-state index in [1.54, 1.807) is 24.3 Å². The predicted octanol–water partition coefficient (Wildman–Crippen LogP) is 3.87. The summed E-state index contributed by atoms with van der Waals surface area (Å²) in [6.07, 6.45) is 0.0553. The monoisotopic (exact) mass is 364 g/mol. The second-order valence-electron chi connectivity index (χ2n) is 5.30. The van der Waals surface area contributed by atoms with E-state index in [0.717, 1.165) is 0 Å². The number of carbonyl (C=O) groups excluding carboxylic acids is 2. The third-order valence-electron chi connectivity index (χ3n) is 3.50. The molecular weight excluding hydrogens is 347 g/mol. The highest BCUT2D eigenvalue weighted by molar-refractivity contribution is 6.32. The number of nitrogens with zero attached hydrogens (tertiary/aromatic N) is 1. The van der Waals surface area contributed by atoms with Gasteiger partial charge in [0.15, 0.2) is 0 Å². The van der Waals surface area contributed by atoms with Gasteiger partial charge in [-0.2, -0.15) is 0 Å². The summed E-state index contributed by atoms with van der Waals surface area (Å²) >= 11 is 6.09. The van der Waals surface area contributed by atoms with Crippen molar-refractivity contribution in [2.75, 3.05) is 23.9 Å². The van der Waals surface area contributed by atoms with Gasteiger partial charge in [-0.15, -0.1) is 0 Å². The lowest BCUT2D eigenvalue weighted by molar-refractivity contribution is -0.117. The largest absolute Gasteiger partial charge is 0.495 e. The fourth-order valence-corrected chi connectivity index (χ4v) is 2.55. The highest BCUT2D eigenvalue weighted by Crippen LogP contribution is 2.29. The highest BCUT2D eigenvalue weighted by atomic mass is 35.5. The van der Waals surface area contributed by atoms with E-state index >= 15 is 0 Å². The zero-order valence-corrected chi connectivity index (χ0v) is 14.6. The second kappa shape index (κ2) is 8.48. The maximum absolute atomic E-state index is 13.1. The molecule has 0 aliphatic rings. The molecule has 7 heteroatoms. The van der Waals surface area contributed by atoms with Crippen molar-refractivity contribution in [1.29, 1.82) is 0 Å². The minimum atomic E-state index is -0.434. The highest BCUT2D eigenvalue weighted by Gasteiger charge is 2.15. The van der Waals surface area contributed by atoms with Gasteiger partial charge in [0.05, 0.1) is 12.1 Å². The van der Waals surface area contributed by atoms with Crippen LogP contribution in [0.25, 0.3) is 0 Å². The van der Waals surface area contributed by atoms with Crippen LogP contribution in [0.3, 0.4) is 0 Å². The number of anilines is 2. The standard InChI is InChI=1S/C18H18ClFN2O3/c1-12(23)22(15-6-7-17(25-2)16(19)11-15)9-8-18(24)21-14-5-3-4-13(20)10-14/h3-7,10-11H,8-9H2,1-2H3,(H,21,24). The smallest absolute Gasteiger partial charge is 0.226 e. The topological polar surface area (TPSA) is 58.6 Å². The number of hydrogen-bond donors (Lipinski definition) is 1. The van der Waals surface area contributed by atoms with E-state index in [1.807, 2.05) is 0 Å². The van der Waals surface area contributed by atoms with E-state index in [1.165, 1.54) is 37.1 Å². The van der Waals surface area contributed by atoms with Crippen LogP contribution in [0.1, 0.15) is 13.3 Å². The molecule has 1 N–H and O–H groups in total. The van der Waals surface area contributed by atoms with Crippen LogP contribution in [-0.2, 0) is 9.59 Å². The Balaban J connectivity index is 2.03. The summed E-state index contributed by atoms with van der Waals surface area (Å²) < 4.78 is 18.2. The molecule has 0 aliphatic carbocycles. The summed E-state index contributed by atoms with van der Waals surface area (Å²) in [6, 6.07) is 10.6. The first kappa shape index (κ1) is 18.7. The molecule has 2 rings (SSSR count). The van der Waals surface area contributed by atoms with Gasteiger partial charge in [0.25, 0.3) is 0 Å². The number of nitrogens with one attached hydrogen (secondary N) is 1. The molecule has 0 fully saturated rings. The zero-order valence-electron chi connectivity index (χ0n) is 13.9. The molecule has 25 heavy (non-hydrogen) atoms. The van der Waals surface area contributed by atoms with Gasteiger partial charge in [-0.05, 0) is 36.4 Å². The Kier molecular flexibility index (Phi) is 6.36. The van der Waals surface area contributed by atoms with Crippen molar-refractivity contribution in [2.45, 2.75) is 13.3 Å². The van der Waals surface area contributed by atoms with Crippen molar-refractivity contribution in [1.82, 2.24) is 0 Å². The minimum absolute atomic E-state index is 0.0553. The Morgan fingerprint density at radius 2 is 2.00 bits per heavy atom. The minimum Gasteiger partial charge on any atom is -0.495 e. The van der Waals surface area contributed by atoms with Gasteiger partial charge in [-0.3, -0.25) is 9.59 Å². The van der Waals surface area contributed by atoms with E-state index in [2.05, 4.69) is 5.32 Å². The molecule has 0 heterocycles. The van der Waals surface area contributed by atoms with E-state index in [0.29, 0.717) is 22.1 Å². The Morgan fingerprint density at radius 1 is 1.24 bits per heavy atom. The van der Waals surface area contributed by atoms with Gasteiger partial charge in [0, 0.05) is 31.3 Å². The molecule has 0 unspecified atom stereocenters. The number of benzene rings is 2. The number of amides is 2. The third-order valence-corrected chi connectivity index (χ3v) is 3.79. The molecule has 2 aromatic carbocycles. The average Bonchev–Trinajstić information content (AvgIpc) is 2.55. The maximum Gasteiger partial charge on any atom is 0.226 e. The molecule has 0 bridgehead atoms. The maximum atomic E-state index is 13.1. The first-order valence-electron chi connectivity index (χ1n) is 7.57. The molecule has 0 spiro atoms.